The second-order valence-corrected chi connectivity index (χ2v) is 8.01. The van der Waals surface area contributed by atoms with E-state index in [1.165, 1.54) is 43.3 Å². The Hall–Kier alpha value is -4.01. The first-order valence-electron chi connectivity index (χ1n) is 10.8. The molecule has 3 aromatic rings. The minimum Gasteiger partial charge on any atom is -0.449 e. The lowest BCUT2D eigenvalue weighted by atomic mass is 10.1. The van der Waals surface area contributed by atoms with Crippen LogP contribution in [0.3, 0.4) is 0 Å². The second-order valence-electron chi connectivity index (χ2n) is 8.01. The molecule has 2 aromatic carbocycles. The molecule has 2 heterocycles. The smallest absolute Gasteiger partial charge is 0.338 e. The number of nitrogens with two attached hydrogens (primary N) is 1. The molecular formula is C24H24N4O5. The molecule has 3 N–H and O–H groups in total. The summed E-state index contributed by atoms with van der Waals surface area (Å²) in [5.41, 5.74) is 6.49. The van der Waals surface area contributed by atoms with Gasteiger partial charge in [0.05, 0.1) is 16.5 Å². The Bertz CT molecular complexity index is 1300. The van der Waals surface area contributed by atoms with Crippen molar-refractivity contribution in [3.63, 3.8) is 0 Å². The number of hydrogen-bond donors (Lipinski definition) is 2. The number of esters is 1. The Morgan fingerprint density at radius 2 is 1.79 bits per heavy atom. The average molecular weight is 448 g/mol. The first-order chi connectivity index (χ1) is 15.8. The van der Waals surface area contributed by atoms with Crippen molar-refractivity contribution in [1.29, 1.82) is 0 Å². The van der Waals surface area contributed by atoms with Gasteiger partial charge in [0.1, 0.15) is 5.82 Å². The van der Waals surface area contributed by atoms with Crippen molar-refractivity contribution in [2.24, 2.45) is 5.73 Å². The number of nitrogens with zero attached hydrogens (tertiary/aromatic N) is 2. The Morgan fingerprint density at radius 3 is 2.52 bits per heavy atom. The van der Waals surface area contributed by atoms with Crippen molar-refractivity contribution in [2.45, 2.75) is 45.3 Å². The fourth-order valence-electron chi connectivity index (χ4n) is 3.79. The standard InChI is InChI=1S/C24H24N4O5/c1-14(22(30)26-17-9-6-15(7-10-17)21(25)29)33-24(32)16-8-11-18-19(13-16)27-20-5-3-2-4-12-28(20)23(18)31/h6-11,13-14H,2-5,12H2,1H3,(H2,25,29)(H,26,30). The fourth-order valence-corrected chi connectivity index (χ4v) is 3.79. The summed E-state index contributed by atoms with van der Waals surface area (Å²) in [4.78, 5) is 53.6. The van der Waals surface area contributed by atoms with E-state index in [-0.39, 0.29) is 11.1 Å². The summed E-state index contributed by atoms with van der Waals surface area (Å²) < 4.78 is 7.03. The largest absolute Gasteiger partial charge is 0.449 e. The Morgan fingerprint density at radius 1 is 1.06 bits per heavy atom. The molecule has 1 unspecified atom stereocenters. The molecule has 33 heavy (non-hydrogen) atoms. The first kappa shape index (κ1) is 22.2. The topological polar surface area (TPSA) is 133 Å². The third-order valence-corrected chi connectivity index (χ3v) is 5.64. The maximum Gasteiger partial charge on any atom is 0.338 e. The van der Waals surface area contributed by atoms with Crippen molar-refractivity contribution >= 4 is 34.4 Å². The minimum atomic E-state index is -1.07. The molecule has 2 amide bonds. The number of fused-ring (bicyclic) bond motifs is 2. The first-order valence-corrected chi connectivity index (χ1v) is 10.8. The van der Waals surface area contributed by atoms with Gasteiger partial charge in [-0.15, -0.1) is 0 Å². The van der Waals surface area contributed by atoms with Crippen molar-refractivity contribution < 1.29 is 19.1 Å². The number of hydrogen-bond acceptors (Lipinski definition) is 6. The molecule has 9 heteroatoms. The van der Waals surface area contributed by atoms with Crippen molar-refractivity contribution in [3.05, 3.63) is 69.8 Å². The SMILES string of the molecule is CC(OC(=O)c1ccc2c(=O)n3c(nc2c1)CCCCC3)C(=O)Nc1ccc(C(N)=O)cc1. The van der Waals surface area contributed by atoms with Crippen LogP contribution in [0.2, 0.25) is 0 Å². The van der Waals surface area contributed by atoms with Crippen LogP contribution in [0.5, 0.6) is 0 Å². The average Bonchev–Trinajstić information content (AvgIpc) is 3.04. The number of nitrogens with one attached hydrogen (secondary N) is 1. The number of carbonyl (C=O) groups is 3. The summed E-state index contributed by atoms with van der Waals surface area (Å²) in [5.74, 6) is -1.07. The zero-order valence-corrected chi connectivity index (χ0v) is 18.2. The highest BCUT2D eigenvalue weighted by Gasteiger charge is 2.21. The lowest BCUT2D eigenvalue weighted by Gasteiger charge is -2.14. The van der Waals surface area contributed by atoms with Gasteiger partial charge in [0, 0.05) is 24.2 Å². The van der Waals surface area contributed by atoms with Crippen LogP contribution in [0.1, 0.15) is 52.7 Å². The third kappa shape index (κ3) is 4.77. The number of ether oxygens (including phenoxy) is 1. The molecule has 170 valence electrons. The van der Waals surface area contributed by atoms with Gasteiger partial charge in [0.15, 0.2) is 6.10 Å². The molecule has 1 aromatic heterocycles. The number of primary amides is 1. The van der Waals surface area contributed by atoms with Crippen molar-refractivity contribution in [2.75, 3.05) is 5.32 Å². The minimum absolute atomic E-state index is 0.105. The summed E-state index contributed by atoms with van der Waals surface area (Å²) in [6.07, 6.45) is 2.61. The van der Waals surface area contributed by atoms with Gasteiger partial charge in [0.25, 0.3) is 11.5 Å². The molecule has 0 radical (unpaired) electrons. The molecule has 0 saturated heterocycles. The Labute approximate surface area is 189 Å². The number of rotatable bonds is 5. The molecule has 1 aliphatic rings. The summed E-state index contributed by atoms with van der Waals surface area (Å²) in [6.45, 7) is 2.11. The number of carbonyl (C=O) groups excluding carboxylic acids is 3. The molecule has 1 aliphatic heterocycles. The van der Waals surface area contributed by atoms with E-state index in [1.54, 1.807) is 10.6 Å². The van der Waals surface area contributed by atoms with Gasteiger partial charge in [-0.05, 0) is 62.2 Å². The summed E-state index contributed by atoms with van der Waals surface area (Å²) >= 11 is 0. The van der Waals surface area contributed by atoms with Crippen LogP contribution in [0, 0.1) is 0 Å². The van der Waals surface area contributed by atoms with Crippen LogP contribution in [0.25, 0.3) is 10.9 Å². The van der Waals surface area contributed by atoms with Crippen molar-refractivity contribution in [1.82, 2.24) is 9.55 Å². The Kier molecular flexibility index (Phi) is 6.21. The summed E-state index contributed by atoms with van der Waals surface area (Å²) in [6, 6.07) is 10.6. The molecule has 4 rings (SSSR count). The van der Waals surface area contributed by atoms with Crippen molar-refractivity contribution in [3.8, 4) is 0 Å². The van der Waals surface area contributed by atoms with Crippen LogP contribution in [0.4, 0.5) is 5.69 Å². The number of benzene rings is 2. The maximum absolute atomic E-state index is 12.8. The van der Waals surface area contributed by atoms with E-state index in [4.69, 9.17) is 10.5 Å². The maximum atomic E-state index is 12.8. The van der Waals surface area contributed by atoms with Gasteiger partial charge in [-0.2, -0.15) is 0 Å². The van der Waals surface area contributed by atoms with Crippen LogP contribution in [-0.4, -0.2) is 33.4 Å². The predicted octanol–water partition coefficient (Wildman–Crippen LogP) is 2.41. The van der Waals surface area contributed by atoms with E-state index in [0.29, 0.717) is 28.7 Å². The van der Waals surface area contributed by atoms with Gasteiger partial charge in [0.2, 0.25) is 5.91 Å². The number of aromatic nitrogens is 2. The van der Waals surface area contributed by atoms with E-state index < -0.39 is 23.9 Å². The van der Waals surface area contributed by atoms with Crippen LogP contribution in [-0.2, 0) is 22.5 Å². The number of anilines is 1. The highest BCUT2D eigenvalue weighted by Crippen LogP contribution is 2.17. The number of aryl methyl sites for hydroxylation is 1. The van der Waals surface area contributed by atoms with E-state index in [9.17, 15) is 19.2 Å². The number of amides is 2. The molecule has 0 bridgehead atoms. The zero-order chi connectivity index (χ0) is 23.5. The van der Waals surface area contributed by atoms with Crippen LogP contribution < -0.4 is 16.6 Å². The zero-order valence-electron chi connectivity index (χ0n) is 18.2. The lowest BCUT2D eigenvalue weighted by Crippen LogP contribution is -2.30. The lowest BCUT2D eigenvalue weighted by molar-refractivity contribution is -0.123. The van der Waals surface area contributed by atoms with E-state index in [1.807, 2.05) is 0 Å². The second kappa shape index (κ2) is 9.23. The van der Waals surface area contributed by atoms with E-state index >= 15 is 0 Å². The van der Waals surface area contributed by atoms with Gasteiger partial charge in [-0.1, -0.05) is 6.42 Å². The molecule has 0 spiro atoms. The highest BCUT2D eigenvalue weighted by atomic mass is 16.5. The van der Waals surface area contributed by atoms with Crippen LogP contribution >= 0.6 is 0 Å². The van der Waals surface area contributed by atoms with Gasteiger partial charge >= 0.3 is 5.97 Å². The summed E-state index contributed by atoms with van der Waals surface area (Å²) in [7, 11) is 0. The predicted molar refractivity (Wildman–Crippen MR) is 122 cm³/mol. The van der Waals surface area contributed by atoms with E-state index in [0.717, 1.165) is 31.5 Å². The molecule has 9 nitrogen and oxygen atoms in total. The monoisotopic (exact) mass is 448 g/mol. The molecule has 1 atom stereocenters. The van der Waals surface area contributed by atoms with Gasteiger partial charge < -0.3 is 15.8 Å². The summed E-state index contributed by atoms with van der Waals surface area (Å²) in [5, 5.41) is 3.06. The molecule has 0 aliphatic carbocycles. The van der Waals surface area contributed by atoms with Gasteiger partial charge in [-0.25, -0.2) is 9.78 Å². The Balaban J connectivity index is 1.48. The van der Waals surface area contributed by atoms with Crippen LogP contribution in [0.15, 0.2) is 47.3 Å². The fraction of sp³-hybridized carbons (Fsp3) is 0.292. The quantitative estimate of drug-likeness (QED) is 0.576. The van der Waals surface area contributed by atoms with Gasteiger partial charge in [-0.3, -0.25) is 19.0 Å². The third-order valence-electron chi connectivity index (χ3n) is 5.64. The van der Waals surface area contributed by atoms with E-state index in [2.05, 4.69) is 10.3 Å². The highest BCUT2D eigenvalue weighted by molar-refractivity contribution is 5.99. The molecule has 0 saturated carbocycles. The normalized spacial score (nSPS) is 14.1. The molecular weight excluding hydrogens is 424 g/mol. The molecule has 0 fully saturated rings.